The molecule has 168 valence electrons. The number of anilines is 1. The van der Waals surface area contributed by atoms with Gasteiger partial charge in [0.2, 0.25) is 0 Å². The Bertz CT molecular complexity index is 908. The number of ether oxygens (including phenoxy) is 2. The summed E-state index contributed by atoms with van der Waals surface area (Å²) in [7, 11) is 1.70. The normalized spacial score (nSPS) is 18.2. The van der Waals surface area contributed by atoms with E-state index in [1.807, 2.05) is 18.2 Å². The lowest BCUT2D eigenvalue weighted by Crippen LogP contribution is -2.44. The molecule has 1 unspecified atom stereocenters. The van der Waals surface area contributed by atoms with Crippen molar-refractivity contribution < 1.29 is 18.3 Å². The van der Waals surface area contributed by atoms with Gasteiger partial charge in [-0.1, -0.05) is 18.2 Å². The Labute approximate surface area is 198 Å². The van der Waals surface area contributed by atoms with Gasteiger partial charge in [-0.15, -0.1) is 24.0 Å². The fraction of sp³-hybridized carbons (Fsp3) is 0.409. The van der Waals surface area contributed by atoms with E-state index in [0.717, 1.165) is 29.9 Å². The summed E-state index contributed by atoms with van der Waals surface area (Å²) in [5.74, 6) is 1.08. The smallest absolute Gasteiger partial charge is 0.191 e. The molecule has 2 heterocycles. The van der Waals surface area contributed by atoms with Gasteiger partial charge >= 0.3 is 0 Å². The second-order valence-electron chi connectivity index (χ2n) is 7.37. The van der Waals surface area contributed by atoms with Crippen LogP contribution in [0.2, 0.25) is 0 Å². The van der Waals surface area contributed by atoms with Crippen molar-refractivity contribution >= 4 is 35.6 Å². The Morgan fingerprint density at radius 1 is 1.13 bits per heavy atom. The van der Waals surface area contributed by atoms with Gasteiger partial charge in [0.15, 0.2) is 17.5 Å². The Kier molecular flexibility index (Phi) is 8.16. The first-order valence-corrected chi connectivity index (χ1v) is 10.2. The molecule has 31 heavy (non-hydrogen) atoms. The Morgan fingerprint density at radius 2 is 1.87 bits per heavy atom. The van der Waals surface area contributed by atoms with Crippen LogP contribution in [0.5, 0.6) is 11.5 Å². The zero-order chi connectivity index (χ0) is 20.9. The molecule has 6 nitrogen and oxygen atoms in total. The van der Waals surface area contributed by atoms with Crippen LogP contribution < -0.4 is 25.0 Å². The maximum atomic E-state index is 14.1. The highest BCUT2D eigenvalue weighted by Crippen LogP contribution is 2.33. The first-order chi connectivity index (χ1) is 14.7. The number of para-hydroxylation sites is 2. The van der Waals surface area contributed by atoms with Crippen LogP contribution in [0.3, 0.4) is 0 Å². The summed E-state index contributed by atoms with van der Waals surface area (Å²) in [5.41, 5.74) is 1.02. The SMILES string of the molecule is CN=C(NCc1cccc2c1OCCCO2)NC1CCN(c2c(F)cccc2F)C1.I. The van der Waals surface area contributed by atoms with E-state index in [9.17, 15) is 8.78 Å². The zero-order valence-corrected chi connectivity index (χ0v) is 19.7. The average Bonchev–Trinajstić information content (AvgIpc) is 3.05. The Balaban J connectivity index is 0.00000272. The molecule has 0 aromatic heterocycles. The molecule has 1 saturated heterocycles. The third-order valence-corrected chi connectivity index (χ3v) is 5.31. The summed E-state index contributed by atoms with van der Waals surface area (Å²) >= 11 is 0. The third-order valence-electron chi connectivity index (χ3n) is 5.31. The summed E-state index contributed by atoms with van der Waals surface area (Å²) < 4.78 is 39.7. The van der Waals surface area contributed by atoms with Gasteiger partial charge in [0.05, 0.1) is 13.2 Å². The molecule has 2 aliphatic heterocycles. The van der Waals surface area contributed by atoms with Crippen LogP contribution in [0.25, 0.3) is 0 Å². The second kappa shape index (κ2) is 10.8. The quantitative estimate of drug-likeness (QED) is 0.350. The number of rotatable bonds is 4. The molecule has 1 fully saturated rings. The van der Waals surface area contributed by atoms with Crippen molar-refractivity contribution in [2.24, 2.45) is 4.99 Å². The molecule has 2 aliphatic rings. The molecule has 4 rings (SSSR count). The highest BCUT2D eigenvalue weighted by atomic mass is 127. The lowest BCUT2D eigenvalue weighted by Gasteiger charge is -2.21. The highest BCUT2D eigenvalue weighted by Gasteiger charge is 2.27. The van der Waals surface area contributed by atoms with Crippen molar-refractivity contribution in [1.29, 1.82) is 0 Å². The average molecular weight is 544 g/mol. The Hall–Kier alpha value is -2.30. The van der Waals surface area contributed by atoms with Crippen LogP contribution in [-0.4, -0.2) is 45.4 Å². The van der Waals surface area contributed by atoms with Gasteiger partial charge < -0.3 is 25.0 Å². The lowest BCUT2D eigenvalue weighted by molar-refractivity contribution is 0.296. The van der Waals surface area contributed by atoms with Crippen LogP contribution in [0.1, 0.15) is 18.4 Å². The van der Waals surface area contributed by atoms with Crippen molar-refractivity contribution in [3.05, 3.63) is 53.6 Å². The van der Waals surface area contributed by atoms with Crippen LogP contribution in [0, 0.1) is 11.6 Å². The number of hydrogen-bond acceptors (Lipinski definition) is 4. The van der Waals surface area contributed by atoms with E-state index >= 15 is 0 Å². The first-order valence-electron chi connectivity index (χ1n) is 10.2. The number of guanidine groups is 1. The molecule has 2 aromatic rings. The van der Waals surface area contributed by atoms with E-state index in [4.69, 9.17) is 9.47 Å². The molecule has 0 bridgehead atoms. The van der Waals surface area contributed by atoms with Gasteiger partial charge in [0.1, 0.15) is 17.3 Å². The van der Waals surface area contributed by atoms with E-state index in [0.29, 0.717) is 38.8 Å². The topological polar surface area (TPSA) is 58.1 Å². The summed E-state index contributed by atoms with van der Waals surface area (Å²) in [6.45, 7) is 2.86. The summed E-state index contributed by atoms with van der Waals surface area (Å²) in [5, 5.41) is 6.64. The molecular weight excluding hydrogens is 517 g/mol. The number of fused-ring (bicyclic) bond motifs is 1. The van der Waals surface area contributed by atoms with E-state index < -0.39 is 11.6 Å². The summed E-state index contributed by atoms with van der Waals surface area (Å²) in [4.78, 5) is 6.02. The summed E-state index contributed by atoms with van der Waals surface area (Å²) in [6.07, 6.45) is 1.61. The van der Waals surface area contributed by atoms with E-state index in [1.165, 1.54) is 18.2 Å². The van der Waals surface area contributed by atoms with Crippen molar-refractivity contribution in [3.8, 4) is 11.5 Å². The standard InChI is InChI=1S/C22H26F2N4O2.HI/c1-25-22(26-13-15-5-2-8-19-21(15)30-12-4-11-29-19)27-16-9-10-28(14-16)20-17(23)6-3-7-18(20)24;/h2-3,5-8,16H,4,9-14H2,1H3,(H2,25,26,27);1H. The number of nitrogens with zero attached hydrogens (tertiary/aromatic N) is 2. The molecule has 2 N–H and O–H groups in total. The van der Waals surface area contributed by atoms with Crippen molar-refractivity contribution in [2.45, 2.75) is 25.4 Å². The first kappa shape index (κ1) is 23.4. The third kappa shape index (κ3) is 5.50. The van der Waals surface area contributed by atoms with Crippen molar-refractivity contribution in [2.75, 3.05) is 38.3 Å². The minimum Gasteiger partial charge on any atom is -0.490 e. The van der Waals surface area contributed by atoms with E-state index in [2.05, 4.69) is 15.6 Å². The number of benzene rings is 2. The monoisotopic (exact) mass is 544 g/mol. The molecule has 0 spiro atoms. The number of halogens is 3. The van der Waals surface area contributed by atoms with Gasteiger partial charge in [-0.05, 0) is 24.6 Å². The van der Waals surface area contributed by atoms with Gasteiger partial charge in [-0.3, -0.25) is 4.99 Å². The largest absolute Gasteiger partial charge is 0.490 e. The van der Waals surface area contributed by atoms with E-state index in [1.54, 1.807) is 11.9 Å². The maximum Gasteiger partial charge on any atom is 0.191 e. The Morgan fingerprint density at radius 3 is 2.65 bits per heavy atom. The zero-order valence-electron chi connectivity index (χ0n) is 17.4. The maximum absolute atomic E-state index is 14.1. The predicted molar refractivity (Wildman–Crippen MR) is 128 cm³/mol. The number of aliphatic imine (C=N–C) groups is 1. The molecule has 0 saturated carbocycles. The van der Waals surface area contributed by atoms with Gasteiger partial charge in [0.25, 0.3) is 0 Å². The van der Waals surface area contributed by atoms with Crippen LogP contribution >= 0.6 is 24.0 Å². The second-order valence-corrected chi connectivity index (χ2v) is 7.37. The fourth-order valence-electron chi connectivity index (χ4n) is 3.83. The van der Waals surface area contributed by atoms with Crippen LogP contribution in [0.15, 0.2) is 41.4 Å². The molecule has 0 aliphatic carbocycles. The number of nitrogens with one attached hydrogen (secondary N) is 2. The van der Waals surface area contributed by atoms with Crippen molar-refractivity contribution in [3.63, 3.8) is 0 Å². The molecule has 2 aromatic carbocycles. The summed E-state index contributed by atoms with van der Waals surface area (Å²) in [6, 6.07) is 9.83. The fourth-order valence-corrected chi connectivity index (χ4v) is 3.83. The number of hydrogen-bond donors (Lipinski definition) is 2. The van der Waals surface area contributed by atoms with Crippen LogP contribution in [0.4, 0.5) is 14.5 Å². The molecule has 0 amide bonds. The van der Waals surface area contributed by atoms with E-state index in [-0.39, 0.29) is 35.7 Å². The lowest BCUT2D eigenvalue weighted by atomic mass is 10.2. The minimum absolute atomic E-state index is 0. The predicted octanol–water partition coefficient (Wildman–Crippen LogP) is 3.69. The highest BCUT2D eigenvalue weighted by molar-refractivity contribution is 14.0. The van der Waals surface area contributed by atoms with Gasteiger partial charge in [-0.25, -0.2) is 8.78 Å². The van der Waals surface area contributed by atoms with Crippen LogP contribution in [-0.2, 0) is 6.54 Å². The molecule has 0 radical (unpaired) electrons. The van der Waals surface area contributed by atoms with Gasteiger partial charge in [0, 0.05) is 44.7 Å². The minimum atomic E-state index is -0.537. The molecule has 1 atom stereocenters. The molecule has 9 heteroatoms. The van der Waals surface area contributed by atoms with Crippen molar-refractivity contribution in [1.82, 2.24) is 10.6 Å². The molecular formula is C22H27F2IN4O2. The van der Waals surface area contributed by atoms with Gasteiger partial charge in [-0.2, -0.15) is 0 Å².